The summed E-state index contributed by atoms with van der Waals surface area (Å²) in [5, 5.41) is 29.0. The predicted molar refractivity (Wildman–Crippen MR) is 166 cm³/mol. The number of aliphatic hydroxyl groups excluding tert-OH is 2. The highest BCUT2D eigenvalue weighted by Gasteiger charge is 2.54. The summed E-state index contributed by atoms with van der Waals surface area (Å²) < 4.78 is 39.2. The third kappa shape index (κ3) is 7.34. The van der Waals surface area contributed by atoms with E-state index < -0.39 is 50.3 Å². The zero-order valence-corrected chi connectivity index (χ0v) is 27.2. The van der Waals surface area contributed by atoms with Gasteiger partial charge in [0.2, 0.25) is 0 Å². The fourth-order valence-corrected chi connectivity index (χ4v) is 7.61. The summed E-state index contributed by atoms with van der Waals surface area (Å²) in [7, 11) is -4.27. The van der Waals surface area contributed by atoms with Crippen LogP contribution in [0.2, 0.25) is 0 Å². The molecule has 6 atom stereocenters. The third-order valence-corrected chi connectivity index (χ3v) is 10.5. The van der Waals surface area contributed by atoms with Crippen LogP contribution < -0.4 is 15.3 Å². The third-order valence-electron chi connectivity index (χ3n) is 8.84. The molecular weight excluding hydrogens is 601 g/mol. The van der Waals surface area contributed by atoms with E-state index in [1.807, 2.05) is 0 Å². The van der Waals surface area contributed by atoms with Gasteiger partial charge < -0.3 is 29.9 Å². The van der Waals surface area contributed by atoms with E-state index in [-0.39, 0.29) is 23.1 Å². The fourth-order valence-electron chi connectivity index (χ4n) is 6.03. The van der Waals surface area contributed by atoms with E-state index in [9.17, 15) is 19.6 Å². The van der Waals surface area contributed by atoms with E-state index in [1.54, 1.807) is 42.5 Å². The molecule has 1 aromatic carbocycles. The van der Waals surface area contributed by atoms with Crippen molar-refractivity contribution in [3.8, 4) is 5.75 Å². The number of ether oxygens (including phenoxy) is 2. The number of aliphatic hydroxyl groups is 2. The molecule has 5 rings (SSSR count). The Kier molecular flexibility index (Phi) is 9.61. The maximum Gasteiger partial charge on any atom is 0.459 e. The predicted octanol–water partition coefficient (Wildman–Crippen LogP) is 4.19. The summed E-state index contributed by atoms with van der Waals surface area (Å²) in [5.41, 5.74) is 5.56. The van der Waals surface area contributed by atoms with Gasteiger partial charge in [0.25, 0.3) is 0 Å². The lowest BCUT2D eigenvalue weighted by molar-refractivity contribution is -0.153. The normalized spacial score (nSPS) is 29.3. The number of rotatable bonds is 10. The first-order chi connectivity index (χ1) is 21.2. The van der Waals surface area contributed by atoms with Crippen LogP contribution in [0.5, 0.6) is 5.75 Å². The van der Waals surface area contributed by atoms with Crippen LogP contribution in [-0.2, 0) is 23.4 Å². The quantitative estimate of drug-likeness (QED) is 0.183. The minimum Gasteiger partial charge on any atom is -0.461 e. The van der Waals surface area contributed by atoms with Crippen LogP contribution in [0, 0.1) is 11.3 Å². The Hall–Kier alpha value is -3.06. The molecule has 3 heterocycles. The zero-order chi connectivity index (χ0) is 32.6. The number of carbonyl (C=O) groups excluding carboxylic acids is 1. The average molecular weight is 646 g/mol. The highest BCUT2D eigenvalue weighted by atomic mass is 31.2. The standard InChI is InChI=1S/C31H44N5O8P/c1-19(29(39)42-21-13-11-20(12-14-21)30(2,3)4)35-45(40,44-22-9-7-6-8-10-22)41-17-31(5)27(38)25(37)26(43-31)23-15-16-24-28(32)33-18-34-36(23)24/h6-10,15-16,18-21,25-27,37-38H,11-14,17H2,1-5H3,(H,35,40)(H2,32,33,34)/t19-,20-,21-,25-,26-,27-,31+,45-/m0/s1. The summed E-state index contributed by atoms with van der Waals surface area (Å²) in [6, 6.07) is 10.7. The SMILES string of the molecule is C[C@H](N[P@](=O)(OC[C@@]1(C)O[C@@H](c2ccc3c(N)ncnn23)[C@H](O)[C@@H]1O)Oc1ccccc1)C(=O)O[C@H]1CC[C@H](C(C)(C)C)CC1. The molecule has 0 unspecified atom stereocenters. The van der Waals surface area contributed by atoms with Gasteiger partial charge in [-0.1, -0.05) is 39.0 Å². The van der Waals surface area contributed by atoms with Gasteiger partial charge in [0.1, 0.15) is 53.7 Å². The number of anilines is 1. The van der Waals surface area contributed by atoms with Crippen molar-refractivity contribution >= 4 is 25.1 Å². The molecule has 14 heteroatoms. The topological polar surface area (TPSA) is 180 Å². The van der Waals surface area contributed by atoms with Crippen LogP contribution in [0.3, 0.4) is 0 Å². The molecule has 13 nitrogen and oxygen atoms in total. The first-order valence-corrected chi connectivity index (χ1v) is 16.8. The number of hydrogen-bond acceptors (Lipinski definition) is 11. The zero-order valence-electron chi connectivity index (χ0n) is 26.3. The summed E-state index contributed by atoms with van der Waals surface area (Å²) in [6.07, 6.45) is 0.683. The van der Waals surface area contributed by atoms with Crippen molar-refractivity contribution < 1.29 is 38.1 Å². The maximum atomic E-state index is 14.2. The Balaban J connectivity index is 1.28. The number of esters is 1. The molecule has 246 valence electrons. The van der Waals surface area contributed by atoms with Gasteiger partial charge in [-0.25, -0.2) is 14.1 Å². The lowest BCUT2D eigenvalue weighted by Gasteiger charge is -2.37. The van der Waals surface area contributed by atoms with Gasteiger partial charge in [-0.2, -0.15) is 10.2 Å². The second kappa shape index (κ2) is 13.0. The molecule has 2 aromatic heterocycles. The summed E-state index contributed by atoms with van der Waals surface area (Å²) in [6.45, 7) is 9.28. The molecule has 0 bridgehead atoms. The van der Waals surface area contributed by atoms with Crippen molar-refractivity contribution in [3.05, 3.63) is 54.5 Å². The number of para-hydroxylation sites is 1. The molecule has 2 aliphatic rings. The van der Waals surface area contributed by atoms with Gasteiger partial charge in [-0.05, 0) is 75.1 Å². The van der Waals surface area contributed by atoms with Crippen LogP contribution >= 0.6 is 7.75 Å². The highest BCUT2D eigenvalue weighted by Crippen LogP contribution is 2.48. The van der Waals surface area contributed by atoms with Crippen LogP contribution in [0.25, 0.3) is 5.52 Å². The minimum absolute atomic E-state index is 0.198. The summed E-state index contributed by atoms with van der Waals surface area (Å²) >= 11 is 0. The fraction of sp³-hybridized carbons (Fsp3) is 0.581. The van der Waals surface area contributed by atoms with Crippen molar-refractivity contribution in [2.45, 2.75) is 96.4 Å². The highest BCUT2D eigenvalue weighted by molar-refractivity contribution is 7.52. The minimum atomic E-state index is -4.27. The molecule has 0 spiro atoms. The molecule has 3 aromatic rings. The maximum absolute atomic E-state index is 14.2. The van der Waals surface area contributed by atoms with Crippen LogP contribution in [0.15, 0.2) is 48.8 Å². The van der Waals surface area contributed by atoms with E-state index in [0.29, 0.717) is 17.1 Å². The molecule has 1 saturated carbocycles. The van der Waals surface area contributed by atoms with Crippen molar-refractivity contribution in [1.29, 1.82) is 0 Å². The van der Waals surface area contributed by atoms with Crippen molar-refractivity contribution in [3.63, 3.8) is 0 Å². The number of nitrogen functional groups attached to an aromatic ring is 1. The molecule has 1 aliphatic carbocycles. The molecule has 0 radical (unpaired) electrons. The number of fused-ring (bicyclic) bond motifs is 1. The molecule has 5 N–H and O–H groups in total. The molecule has 0 amide bonds. The number of hydrogen-bond donors (Lipinski definition) is 4. The number of nitrogens with two attached hydrogens (primary N) is 1. The van der Waals surface area contributed by atoms with E-state index in [1.165, 1.54) is 24.7 Å². The largest absolute Gasteiger partial charge is 0.461 e. The molecular formula is C31H44N5O8P. The van der Waals surface area contributed by atoms with Crippen molar-refractivity contribution in [1.82, 2.24) is 19.7 Å². The van der Waals surface area contributed by atoms with E-state index in [2.05, 4.69) is 35.9 Å². The van der Waals surface area contributed by atoms with E-state index >= 15 is 0 Å². The Morgan fingerprint density at radius 1 is 1.18 bits per heavy atom. The Bertz CT molecular complexity index is 1520. The summed E-state index contributed by atoms with van der Waals surface area (Å²) in [4.78, 5) is 17.1. The number of nitrogens with one attached hydrogen (secondary N) is 1. The molecule has 1 aliphatic heterocycles. The molecule has 2 fully saturated rings. The smallest absolute Gasteiger partial charge is 0.459 e. The Morgan fingerprint density at radius 2 is 1.87 bits per heavy atom. The Morgan fingerprint density at radius 3 is 2.53 bits per heavy atom. The van der Waals surface area contributed by atoms with Crippen molar-refractivity contribution in [2.75, 3.05) is 12.3 Å². The monoisotopic (exact) mass is 645 g/mol. The van der Waals surface area contributed by atoms with Gasteiger partial charge in [-0.3, -0.25) is 9.32 Å². The van der Waals surface area contributed by atoms with E-state index in [0.717, 1.165) is 25.7 Å². The second-order valence-electron chi connectivity index (χ2n) is 13.3. The number of aromatic nitrogens is 3. The first kappa shape index (κ1) is 33.3. The van der Waals surface area contributed by atoms with Gasteiger partial charge in [0.05, 0.1) is 12.3 Å². The van der Waals surface area contributed by atoms with Gasteiger partial charge in [0, 0.05) is 0 Å². The van der Waals surface area contributed by atoms with Gasteiger partial charge >= 0.3 is 13.7 Å². The lowest BCUT2D eigenvalue weighted by atomic mass is 9.72. The van der Waals surface area contributed by atoms with Crippen LogP contribution in [-0.4, -0.2) is 67.3 Å². The lowest BCUT2D eigenvalue weighted by Crippen LogP contribution is -2.45. The number of benzene rings is 1. The van der Waals surface area contributed by atoms with Gasteiger partial charge in [-0.15, -0.1) is 0 Å². The first-order valence-electron chi connectivity index (χ1n) is 15.3. The Labute approximate surface area is 263 Å². The second-order valence-corrected chi connectivity index (χ2v) is 15.0. The number of nitrogens with zero attached hydrogens (tertiary/aromatic N) is 3. The van der Waals surface area contributed by atoms with E-state index in [4.69, 9.17) is 24.3 Å². The average Bonchev–Trinajstić information content (AvgIpc) is 3.52. The number of carbonyl (C=O) groups is 1. The summed E-state index contributed by atoms with van der Waals surface area (Å²) in [5.74, 6) is 0.467. The molecule has 1 saturated heterocycles. The van der Waals surface area contributed by atoms with Crippen LogP contribution in [0.4, 0.5) is 5.82 Å². The molecule has 45 heavy (non-hydrogen) atoms. The van der Waals surface area contributed by atoms with Crippen molar-refractivity contribution in [2.24, 2.45) is 11.3 Å². The van der Waals surface area contributed by atoms with Crippen LogP contribution in [0.1, 0.15) is 72.1 Å². The van der Waals surface area contributed by atoms with Gasteiger partial charge in [0.15, 0.2) is 5.82 Å².